The molecule has 0 unspecified atom stereocenters. The van der Waals surface area contributed by atoms with Gasteiger partial charge in [-0.25, -0.2) is 0 Å². The molecular weight excluding hydrogens is 416 g/mol. The van der Waals surface area contributed by atoms with E-state index in [2.05, 4.69) is 15.0 Å². The van der Waals surface area contributed by atoms with E-state index >= 15 is 0 Å². The Kier molecular flexibility index (Phi) is 8.26. The smallest absolute Gasteiger partial charge is 0.303 e. The van der Waals surface area contributed by atoms with Crippen LogP contribution in [-0.2, 0) is 11.3 Å². The number of anilines is 1. The second-order valence-electron chi connectivity index (χ2n) is 7.21. The van der Waals surface area contributed by atoms with Gasteiger partial charge >= 0.3 is 5.97 Å². The number of aliphatic imine (C=N–C) groups is 1. The zero-order valence-electron chi connectivity index (χ0n) is 18.0. The van der Waals surface area contributed by atoms with Crippen molar-refractivity contribution in [2.45, 2.75) is 25.8 Å². The van der Waals surface area contributed by atoms with Gasteiger partial charge in [0.1, 0.15) is 0 Å². The van der Waals surface area contributed by atoms with Crippen LogP contribution in [0.15, 0.2) is 84.4 Å². The van der Waals surface area contributed by atoms with Crippen molar-refractivity contribution in [3.63, 3.8) is 0 Å². The topological polar surface area (TPSA) is 128 Å². The fourth-order valence-corrected chi connectivity index (χ4v) is 3.36. The van der Waals surface area contributed by atoms with E-state index in [9.17, 15) is 4.79 Å². The van der Waals surface area contributed by atoms with E-state index in [0.29, 0.717) is 19.4 Å². The van der Waals surface area contributed by atoms with Crippen LogP contribution in [-0.4, -0.2) is 27.0 Å². The summed E-state index contributed by atoms with van der Waals surface area (Å²) in [4.78, 5) is 24.7. The highest BCUT2D eigenvalue weighted by Gasteiger charge is 2.14. The molecule has 8 nitrogen and oxygen atoms in total. The maximum absolute atomic E-state index is 10.9. The molecule has 0 bridgehead atoms. The predicted octanol–water partition coefficient (Wildman–Crippen LogP) is 3.97. The first kappa shape index (κ1) is 23.2. The number of carbonyl (C=O) groups is 1. The minimum absolute atomic E-state index is 0.0758. The van der Waals surface area contributed by atoms with Crippen LogP contribution >= 0.6 is 0 Å². The number of carboxylic acid groups (broad SMARTS) is 1. The average molecular weight is 441 g/mol. The van der Waals surface area contributed by atoms with E-state index in [1.807, 2.05) is 54.6 Å². The fraction of sp³-hybridized carbons (Fsp3) is 0.160. The molecule has 2 aromatic heterocycles. The summed E-state index contributed by atoms with van der Waals surface area (Å²) in [5.41, 5.74) is 10.6. The summed E-state index contributed by atoms with van der Waals surface area (Å²) in [6.45, 7) is 0.388. The Morgan fingerprint density at radius 1 is 1.12 bits per heavy atom. The quantitative estimate of drug-likeness (QED) is 0.223. The molecule has 3 aromatic rings. The number of aromatic nitrogens is 2. The van der Waals surface area contributed by atoms with Gasteiger partial charge in [0.05, 0.1) is 6.54 Å². The standard InChI is InChI=1S/C25H24N6O2/c26-18-30-25(27)31(17-19-6-4-12-28-15-19)22-9-3-7-20(14-22)23(10-1-2-11-24(32)33)21-8-5-13-29-16-21/h3-10,12-16H,1-2,11,17H2,(H2,27,30)(H,32,33)/b23-10+. The molecule has 0 aliphatic heterocycles. The summed E-state index contributed by atoms with van der Waals surface area (Å²) >= 11 is 0. The van der Waals surface area contributed by atoms with E-state index in [1.165, 1.54) is 0 Å². The number of pyridine rings is 2. The number of aliphatic carboxylic acids is 1. The predicted molar refractivity (Wildman–Crippen MR) is 127 cm³/mol. The monoisotopic (exact) mass is 440 g/mol. The lowest BCUT2D eigenvalue weighted by atomic mass is 9.97. The van der Waals surface area contributed by atoms with Crippen LogP contribution in [0, 0.1) is 11.5 Å². The van der Waals surface area contributed by atoms with Gasteiger partial charge in [-0.3, -0.25) is 14.8 Å². The first-order valence-corrected chi connectivity index (χ1v) is 10.4. The van der Waals surface area contributed by atoms with Gasteiger partial charge in [-0.15, -0.1) is 4.99 Å². The van der Waals surface area contributed by atoms with Crippen molar-refractivity contribution in [2.75, 3.05) is 4.90 Å². The molecule has 33 heavy (non-hydrogen) atoms. The lowest BCUT2D eigenvalue weighted by Gasteiger charge is -2.24. The highest BCUT2D eigenvalue weighted by Crippen LogP contribution is 2.28. The van der Waals surface area contributed by atoms with Crippen molar-refractivity contribution in [3.8, 4) is 6.19 Å². The van der Waals surface area contributed by atoms with Gasteiger partial charge in [0.2, 0.25) is 12.2 Å². The maximum atomic E-state index is 10.9. The first-order valence-electron chi connectivity index (χ1n) is 10.4. The first-order chi connectivity index (χ1) is 16.1. The van der Waals surface area contributed by atoms with Crippen LogP contribution in [0.4, 0.5) is 5.69 Å². The molecule has 8 heteroatoms. The number of allylic oxidation sites excluding steroid dienone is 1. The third-order valence-electron chi connectivity index (χ3n) is 4.89. The third kappa shape index (κ3) is 6.74. The maximum Gasteiger partial charge on any atom is 0.303 e. The number of guanidine groups is 1. The van der Waals surface area contributed by atoms with E-state index in [0.717, 1.165) is 28.0 Å². The van der Waals surface area contributed by atoms with Crippen molar-refractivity contribution < 1.29 is 9.90 Å². The second kappa shape index (κ2) is 11.8. The largest absolute Gasteiger partial charge is 0.481 e. The lowest BCUT2D eigenvalue weighted by molar-refractivity contribution is -0.137. The molecule has 0 fully saturated rings. The number of nitriles is 1. The number of nitrogens with two attached hydrogens (primary N) is 1. The molecule has 1 aromatic carbocycles. The van der Waals surface area contributed by atoms with Gasteiger partial charge in [0.15, 0.2) is 0 Å². The summed E-state index contributed by atoms with van der Waals surface area (Å²) in [5.74, 6) is -0.738. The zero-order valence-corrected chi connectivity index (χ0v) is 18.0. The minimum atomic E-state index is -0.813. The Bertz CT molecular complexity index is 1170. The SMILES string of the molecule is N#CN=C(N)N(Cc1cccnc1)c1cccc(/C(=C\CCCC(=O)O)c2cccnc2)c1. The molecule has 0 aliphatic rings. The molecule has 166 valence electrons. The minimum Gasteiger partial charge on any atom is -0.481 e. The van der Waals surface area contributed by atoms with E-state index in [4.69, 9.17) is 16.1 Å². The van der Waals surface area contributed by atoms with Crippen molar-refractivity contribution in [2.24, 2.45) is 10.7 Å². The Morgan fingerprint density at radius 3 is 2.55 bits per heavy atom. The Labute approximate surface area is 192 Å². The van der Waals surface area contributed by atoms with Crippen LogP contribution in [0.1, 0.15) is 36.0 Å². The molecule has 0 amide bonds. The average Bonchev–Trinajstić information content (AvgIpc) is 2.84. The van der Waals surface area contributed by atoms with Crippen LogP contribution < -0.4 is 10.6 Å². The van der Waals surface area contributed by atoms with Gasteiger partial charge in [0.25, 0.3) is 0 Å². The zero-order chi connectivity index (χ0) is 23.5. The summed E-state index contributed by atoms with van der Waals surface area (Å²) in [6.07, 6.45) is 11.9. The fourth-order valence-electron chi connectivity index (χ4n) is 3.36. The molecule has 0 radical (unpaired) electrons. The molecule has 2 heterocycles. The highest BCUT2D eigenvalue weighted by atomic mass is 16.4. The summed E-state index contributed by atoms with van der Waals surface area (Å²) in [5, 5.41) is 18.0. The van der Waals surface area contributed by atoms with E-state index in [1.54, 1.807) is 35.9 Å². The molecule has 3 rings (SSSR count). The van der Waals surface area contributed by atoms with Gasteiger partial charge in [-0.05, 0) is 53.8 Å². The Balaban J connectivity index is 1.99. The number of rotatable bonds is 9. The summed E-state index contributed by atoms with van der Waals surface area (Å²) in [6, 6.07) is 15.3. The highest BCUT2D eigenvalue weighted by molar-refractivity contribution is 5.96. The van der Waals surface area contributed by atoms with Gasteiger partial charge in [0, 0.05) is 42.5 Å². The number of unbranched alkanes of at least 4 members (excludes halogenated alkanes) is 1. The number of carboxylic acids is 1. The molecule has 0 aliphatic carbocycles. The second-order valence-corrected chi connectivity index (χ2v) is 7.21. The van der Waals surface area contributed by atoms with Crippen LogP contribution in [0.25, 0.3) is 5.57 Å². The molecule has 0 saturated carbocycles. The van der Waals surface area contributed by atoms with Crippen molar-refractivity contribution in [3.05, 3.63) is 96.1 Å². The van der Waals surface area contributed by atoms with Crippen molar-refractivity contribution >= 4 is 23.2 Å². The van der Waals surface area contributed by atoms with Gasteiger partial charge < -0.3 is 15.7 Å². The van der Waals surface area contributed by atoms with Gasteiger partial charge in [-0.2, -0.15) is 5.26 Å². The number of nitrogens with zero attached hydrogens (tertiary/aromatic N) is 5. The van der Waals surface area contributed by atoms with E-state index < -0.39 is 5.97 Å². The van der Waals surface area contributed by atoms with Crippen molar-refractivity contribution in [1.82, 2.24) is 9.97 Å². The van der Waals surface area contributed by atoms with Crippen molar-refractivity contribution in [1.29, 1.82) is 5.26 Å². The molecular formula is C25H24N6O2. The lowest BCUT2D eigenvalue weighted by Crippen LogP contribution is -2.36. The third-order valence-corrected chi connectivity index (χ3v) is 4.89. The van der Waals surface area contributed by atoms with Crippen LogP contribution in [0.5, 0.6) is 0 Å². The molecule has 0 saturated heterocycles. The summed E-state index contributed by atoms with van der Waals surface area (Å²) < 4.78 is 0. The van der Waals surface area contributed by atoms with Crippen LogP contribution in [0.2, 0.25) is 0 Å². The summed E-state index contributed by atoms with van der Waals surface area (Å²) in [7, 11) is 0. The Hall–Kier alpha value is -4.51. The van der Waals surface area contributed by atoms with Gasteiger partial charge in [-0.1, -0.05) is 30.3 Å². The molecule has 3 N–H and O–H groups in total. The molecule has 0 spiro atoms. The van der Waals surface area contributed by atoms with Crippen LogP contribution in [0.3, 0.4) is 0 Å². The normalized spacial score (nSPS) is 11.6. The molecule has 0 atom stereocenters. The number of hydrogen-bond donors (Lipinski definition) is 2. The number of benzene rings is 1. The Morgan fingerprint density at radius 2 is 1.88 bits per heavy atom. The number of hydrogen-bond acceptors (Lipinski definition) is 5. The van der Waals surface area contributed by atoms with E-state index in [-0.39, 0.29) is 12.4 Å².